The molecule has 4 rings (SSSR count). The van der Waals surface area contributed by atoms with Gasteiger partial charge in [-0.1, -0.05) is 61.2 Å². The lowest BCUT2D eigenvalue weighted by atomic mass is 9.68. The summed E-state index contributed by atoms with van der Waals surface area (Å²) in [5.74, 6) is 1.43. The molecule has 0 radical (unpaired) electrons. The lowest BCUT2D eigenvalue weighted by Gasteiger charge is -2.40. The minimum atomic E-state index is -0.395. The van der Waals surface area contributed by atoms with Crippen LogP contribution in [0.5, 0.6) is 11.5 Å². The van der Waals surface area contributed by atoms with Crippen molar-refractivity contribution in [2.24, 2.45) is 0 Å². The lowest BCUT2D eigenvalue weighted by molar-refractivity contribution is 0.137. The van der Waals surface area contributed by atoms with Crippen molar-refractivity contribution >= 4 is 6.08 Å². The number of likely N-dealkylation sites (N-methyl/N-ethyl adjacent to an activating group) is 1. The van der Waals surface area contributed by atoms with E-state index in [2.05, 4.69) is 42.8 Å². The second-order valence-corrected chi connectivity index (χ2v) is 7.99. The van der Waals surface area contributed by atoms with Crippen LogP contribution < -0.4 is 9.47 Å². The molecule has 1 saturated heterocycles. The first-order chi connectivity index (χ1) is 14.1. The molecule has 0 aromatic heterocycles. The Morgan fingerprint density at radius 3 is 2.76 bits per heavy atom. The Hall–Kier alpha value is -2.56. The van der Waals surface area contributed by atoms with Gasteiger partial charge in [0.2, 0.25) is 0 Å². The zero-order chi connectivity index (χ0) is 20.4. The molecule has 4 nitrogen and oxygen atoms in total. The van der Waals surface area contributed by atoms with Crippen LogP contribution in [-0.2, 0) is 12.0 Å². The Morgan fingerprint density at radius 2 is 2.03 bits per heavy atom. The van der Waals surface area contributed by atoms with Gasteiger partial charge >= 0.3 is 0 Å². The van der Waals surface area contributed by atoms with E-state index in [0.29, 0.717) is 12.4 Å². The van der Waals surface area contributed by atoms with E-state index in [-0.39, 0.29) is 11.5 Å². The topological polar surface area (TPSA) is 41.9 Å². The smallest absolute Gasteiger partial charge is 0.169 e. The van der Waals surface area contributed by atoms with Crippen molar-refractivity contribution in [3.05, 3.63) is 77.9 Å². The molecule has 0 spiro atoms. The molecule has 3 atom stereocenters. The number of rotatable bonds is 6. The van der Waals surface area contributed by atoms with E-state index in [1.807, 2.05) is 36.4 Å². The van der Waals surface area contributed by atoms with Gasteiger partial charge in [-0.15, -0.1) is 0 Å². The van der Waals surface area contributed by atoms with E-state index in [9.17, 15) is 5.11 Å². The summed E-state index contributed by atoms with van der Waals surface area (Å²) in [5.41, 5.74) is 3.11. The number of hydrogen-bond acceptors (Lipinski definition) is 4. The Labute approximate surface area is 173 Å². The van der Waals surface area contributed by atoms with Gasteiger partial charge in [-0.2, -0.15) is 0 Å². The minimum Gasteiger partial charge on any atom is -0.493 e. The number of hydrogen-bond donors (Lipinski definition) is 1. The van der Waals surface area contributed by atoms with Gasteiger partial charge < -0.3 is 19.5 Å². The highest BCUT2D eigenvalue weighted by Crippen LogP contribution is 2.49. The molecule has 0 unspecified atom stereocenters. The van der Waals surface area contributed by atoms with Crippen LogP contribution in [0.15, 0.2) is 61.2 Å². The Balaban J connectivity index is 1.78. The van der Waals surface area contributed by atoms with Gasteiger partial charge in [-0.25, -0.2) is 0 Å². The van der Waals surface area contributed by atoms with Crippen LogP contribution in [0.3, 0.4) is 0 Å². The van der Waals surface area contributed by atoms with Crippen LogP contribution >= 0.6 is 0 Å². The highest BCUT2D eigenvalue weighted by atomic mass is 16.5. The summed E-state index contributed by atoms with van der Waals surface area (Å²) in [7, 11) is 3.81. The van der Waals surface area contributed by atoms with E-state index < -0.39 is 6.10 Å². The van der Waals surface area contributed by atoms with Crippen molar-refractivity contribution in [3.8, 4) is 11.5 Å². The van der Waals surface area contributed by atoms with Crippen molar-refractivity contribution in [1.82, 2.24) is 4.90 Å². The first kappa shape index (κ1) is 19.7. The summed E-state index contributed by atoms with van der Waals surface area (Å²) in [4.78, 5) is 2.36. The number of nitrogens with zero attached hydrogens (tertiary/aromatic N) is 1. The number of ether oxygens (including phenoxy) is 2. The second-order valence-electron chi connectivity index (χ2n) is 7.99. The predicted molar refractivity (Wildman–Crippen MR) is 116 cm³/mol. The van der Waals surface area contributed by atoms with Gasteiger partial charge in [0.05, 0.1) is 13.2 Å². The molecule has 4 heteroatoms. The van der Waals surface area contributed by atoms with Crippen LogP contribution in [0.2, 0.25) is 0 Å². The molecule has 2 aromatic rings. The zero-order valence-corrected chi connectivity index (χ0v) is 17.2. The number of fused-ring (bicyclic) bond motifs is 1. The number of benzene rings is 2. The number of aliphatic hydroxyl groups excluding tert-OH is 1. The average molecular weight is 392 g/mol. The molecule has 0 amide bonds. The molecule has 0 saturated carbocycles. The van der Waals surface area contributed by atoms with E-state index in [4.69, 9.17) is 9.47 Å². The van der Waals surface area contributed by atoms with E-state index >= 15 is 0 Å². The summed E-state index contributed by atoms with van der Waals surface area (Å²) >= 11 is 0. The molecule has 0 bridgehead atoms. The average Bonchev–Trinajstić information content (AvgIpc) is 3.09. The van der Waals surface area contributed by atoms with Crippen molar-refractivity contribution in [2.45, 2.75) is 37.0 Å². The molecule has 1 aliphatic heterocycles. The standard InChI is InChI=1S/C25H29NO3/c1-4-20-21(25-13-12-19(27)16-23(25)26(2)15-14-25)10-11-22(28-3)24(20)29-17-18-8-6-5-7-9-18/h4-13,19,23,27H,1,14-17H2,2-3H3/t19-,23-,25-/m0/s1. The van der Waals surface area contributed by atoms with Gasteiger partial charge in [0.1, 0.15) is 6.61 Å². The monoisotopic (exact) mass is 391 g/mol. The van der Waals surface area contributed by atoms with Crippen molar-refractivity contribution in [1.29, 1.82) is 0 Å². The number of likely N-dealkylation sites (tertiary alicyclic amines) is 1. The van der Waals surface area contributed by atoms with E-state index in [1.165, 1.54) is 5.56 Å². The minimum absolute atomic E-state index is 0.158. The third-order valence-electron chi connectivity index (χ3n) is 6.40. The van der Waals surface area contributed by atoms with Crippen LogP contribution in [0, 0.1) is 0 Å². The molecule has 2 aliphatic rings. The fraction of sp³-hybridized carbons (Fsp3) is 0.360. The second kappa shape index (κ2) is 8.05. The highest BCUT2D eigenvalue weighted by Gasteiger charge is 2.49. The van der Waals surface area contributed by atoms with Crippen LogP contribution in [0.1, 0.15) is 29.5 Å². The van der Waals surface area contributed by atoms with Gasteiger partial charge in [-0.05, 0) is 43.6 Å². The Bertz CT molecular complexity index is 908. The SMILES string of the molecule is C=Cc1c([C@@]23C=C[C@H](O)C[C@@H]2N(C)CC3)ccc(OC)c1OCc1ccccc1. The maximum atomic E-state index is 10.2. The number of aliphatic hydroxyl groups is 1. The van der Waals surface area contributed by atoms with E-state index in [0.717, 1.165) is 36.3 Å². The summed E-state index contributed by atoms with van der Waals surface area (Å²) in [5, 5.41) is 10.2. The van der Waals surface area contributed by atoms with Gasteiger partial charge in [0.25, 0.3) is 0 Å². The van der Waals surface area contributed by atoms with Gasteiger partial charge in [-0.3, -0.25) is 0 Å². The molecule has 2 aromatic carbocycles. The molecule has 1 fully saturated rings. The molecular weight excluding hydrogens is 362 g/mol. The molecule has 1 N–H and O–H groups in total. The fourth-order valence-corrected chi connectivity index (χ4v) is 4.88. The summed E-state index contributed by atoms with van der Waals surface area (Å²) in [6, 6.07) is 14.5. The first-order valence-electron chi connectivity index (χ1n) is 10.2. The normalized spacial score (nSPS) is 26.2. The molecule has 1 aliphatic carbocycles. The Morgan fingerprint density at radius 1 is 1.24 bits per heavy atom. The summed E-state index contributed by atoms with van der Waals surface area (Å²) in [6.07, 6.45) is 7.36. The molecule has 1 heterocycles. The molecule has 29 heavy (non-hydrogen) atoms. The molecular formula is C25H29NO3. The van der Waals surface area contributed by atoms with Crippen LogP contribution in [0.4, 0.5) is 0 Å². The number of methoxy groups -OCH3 is 1. The van der Waals surface area contributed by atoms with E-state index in [1.54, 1.807) is 7.11 Å². The van der Waals surface area contributed by atoms with Crippen LogP contribution in [-0.4, -0.2) is 42.9 Å². The van der Waals surface area contributed by atoms with Crippen molar-refractivity contribution < 1.29 is 14.6 Å². The highest BCUT2D eigenvalue weighted by molar-refractivity contribution is 5.68. The third-order valence-corrected chi connectivity index (χ3v) is 6.40. The van der Waals surface area contributed by atoms with Crippen LogP contribution in [0.25, 0.3) is 6.08 Å². The van der Waals surface area contributed by atoms with Gasteiger partial charge in [0, 0.05) is 17.0 Å². The fourth-order valence-electron chi connectivity index (χ4n) is 4.88. The molecule has 152 valence electrons. The maximum Gasteiger partial charge on any atom is 0.169 e. The maximum absolute atomic E-state index is 10.2. The summed E-state index contributed by atoms with van der Waals surface area (Å²) < 4.78 is 11.9. The quantitative estimate of drug-likeness (QED) is 0.750. The first-order valence-corrected chi connectivity index (χ1v) is 10.2. The predicted octanol–water partition coefficient (Wildman–Crippen LogP) is 4.18. The largest absolute Gasteiger partial charge is 0.493 e. The zero-order valence-electron chi connectivity index (χ0n) is 17.2. The van der Waals surface area contributed by atoms with Crippen molar-refractivity contribution in [3.63, 3.8) is 0 Å². The lowest BCUT2D eigenvalue weighted by Crippen LogP contribution is -2.45. The van der Waals surface area contributed by atoms with Crippen molar-refractivity contribution in [2.75, 3.05) is 20.7 Å². The third kappa shape index (κ3) is 3.47. The Kier molecular flexibility index (Phi) is 5.48. The summed E-state index contributed by atoms with van der Waals surface area (Å²) in [6.45, 7) is 5.55. The van der Waals surface area contributed by atoms with Gasteiger partial charge in [0.15, 0.2) is 11.5 Å².